The van der Waals surface area contributed by atoms with Gasteiger partial charge in [-0.2, -0.15) is 0 Å². The Balaban J connectivity index is 4.78. The summed E-state index contributed by atoms with van der Waals surface area (Å²) in [7, 11) is -4.76. The SMILES string of the molecule is CC/C=C\C/C=C\C/C=C\C/C=C\CCCCC(=O)OC(COC(=O)CCCCCCCCC/C=C\CCCCCCCC)COP(=O)(O)OCC(CO)OC(=O)CCCCCCC/C=C\CCCCCC. The second kappa shape index (κ2) is 54.2. The van der Waals surface area contributed by atoms with E-state index in [4.69, 9.17) is 23.3 Å². The number of phosphoric acid groups is 1. The molecule has 0 radical (unpaired) electrons. The van der Waals surface area contributed by atoms with Gasteiger partial charge in [0.1, 0.15) is 12.7 Å². The van der Waals surface area contributed by atoms with Gasteiger partial charge >= 0.3 is 25.7 Å². The Morgan fingerprint density at radius 3 is 1.17 bits per heavy atom. The molecule has 0 aliphatic heterocycles. The van der Waals surface area contributed by atoms with Crippen LogP contribution in [0.3, 0.4) is 0 Å². The summed E-state index contributed by atoms with van der Waals surface area (Å²) in [6.07, 6.45) is 60.1. The molecule has 11 nitrogen and oxygen atoms in total. The number of phosphoric ester groups is 1. The quantitative estimate of drug-likeness (QED) is 0.0197. The van der Waals surface area contributed by atoms with Crippen molar-refractivity contribution in [3.05, 3.63) is 72.9 Å². The van der Waals surface area contributed by atoms with Crippen LogP contribution in [0.15, 0.2) is 72.9 Å². The third-order valence-corrected chi connectivity index (χ3v) is 13.0. The predicted octanol–water partition coefficient (Wildman–Crippen LogP) is 16.9. The van der Waals surface area contributed by atoms with Gasteiger partial charge in [-0.05, 0) is 109 Å². The molecule has 0 saturated heterocycles. The summed E-state index contributed by atoms with van der Waals surface area (Å²) in [5.74, 6) is -1.53. The van der Waals surface area contributed by atoms with Gasteiger partial charge in [0.05, 0.1) is 19.8 Å². The molecule has 0 bridgehead atoms. The second-order valence-corrected chi connectivity index (χ2v) is 20.5. The van der Waals surface area contributed by atoms with Gasteiger partial charge in [-0.3, -0.25) is 23.4 Å². The predicted molar refractivity (Wildman–Crippen MR) is 298 cm³/mol. The van der Waals surface area contributed by atoms with Crippen LogP contribution in [-0.2, 0) is 42.2 Å². The Hall–Kier alpha value is -3.08. The molecule has 0 rings (SSSR count). The summed E-state index contributed by atoms with van der Waals surface area (Å²) in [4.78, 5) is 48.5. The van der Waals surface area contributed by atoms with Gasteiger partial charge in [-0.25, -0.2) is 4.57 Å². The molecule has 0 aromatic heterocycles. The van der Waals surface area contributed by atoms with E-state index < -0.39 is 57.8 Å². The molecule has 0 aliphatic carbocycles. The van der Waals surface area contributed by atoms with E-state index >= 15 is 0 Å². The average Bonchev–Trinajstić information content (AvgIpc) is 3.37. The number of hydrogen-bond donors (Lipinski definition) is 2. The van der Waals surface area contributed by atoms with Crippen LogP contribution in [0.5, 0.6) is 0 Å². The van der Waals surface area contributed by atoms with Crippen molar-refractivity contribution >= 4 is 25.7 Å². The van der Waals surface area contributed by atoms with Gasteiger partial charge in [0.25, 0.3) is 0 Å². The molecule has 3 atom stereocenters. The summed E-state index contributed by atoms with van der Waals surface area (Å²) in [5.41, 5.74) is 0. The van der Waals surface area contributed by atoms with Crippen LogP contribution in [0.1, 0.15) is 252 Å². The van der Waals surface area contributed by atoms with Gasteiger partial charge < -0.3 is 24.2 Å². The number of rotatable bonds is 53. The monoisotopic (exact) mass is 1030 g/mol. The summed E-state index contributed by atoms with van der Waals surface area (Å²) < 4.78 is 39.4. The molecule has 0 fully saturated rings. The maximum absolute atomic E-state index is 12.9. The molecule has 0 aliphatic rings. The van der Waals surface area contributed by atoms with Crippen LogP contribution in [0.2, 0.25) is 0 Å². The highest BCUT2D eigenvalue weighted by Crippen LogP contribution is 2.43. The van der Waals surface area contributed by atoms with Gasteiger partial charge in [-0.15, -0.1) is 0 Å². The summed E-state index contributed by atoms with van der Waals surface area (Å²) in [5, 5.41) is 9.80. The van der Waals surface area contributed by atoms with E-state index in [2.05, 4.69) is 93.7 Å². The maximum Gasteiger partial charge on any atom is 0.472 e. The van der Waals surface area contributed by atoms with Crippen molar-refractivity contribution in [1.29, 1.82) is 0 Å². The van der Waals surface area contributed by atoms with E-state index in [0.29, 0.717) is 19.3 Å². The van der Waals surface area contributed by atoms with Gasteiger partial charge in [-0.1, -0.05) is 196 Å². The minimum Gasteiger partial charge on any atom is -0.462 e. The Bertz CT molecular complexity index is 1490. The molecule has 0 heterocycles. The molecule has 0 aromatic rings. The zero-order valence-corrected chi connectivity index (χ0v) is 46.8. The Morgan fingerprint density at radius 1 is 0.403 bits per heavy atom. The first-order valence-corrected chi connectivity index (χ1v) is 30.3. The van der Waals surface area contributed by atoms with Crippen LogP contribution in [0, 0.1) is 0 Å². The normalized spacial score (nSPS) is 13.9. The lowest BCUT2D eigenvalue weighted by Crippen LogP contribution is -2.30. The Morgan fingerprint density at radius 2 is 0.722 bits per heavy atom. The summed E-state index contributed by atoms with van der Waals surface area (Å²) in [6.45, 7) is 4.46. The minimum atomic E-state index is -4.76. The highest BCUT2D eigenvalue weighted by Gasteiger charge is 2.28. The topological polar surface area (TPSA) is 155 Å². The first-order chi connectivity index (χ1) is 35.2. The van der Waals surface area contributed by atoms with E-state index in [-0.39, 0.29) is 25.9 Å². The van der Waals surface area contributed by atoms with Crippen molar-refractivity contribution < 1.29 is 52.2 Å². The van der Waals surface area contributed by atoms with Crippen LogP contribution >= 0.6 is 7.82 Å². The molecule has 0 amide bonds. The smallest absolute Gasteiger partial charge is 0.462 e. The van der Waals surface area contributed by atoms with Gasteiger partial charge in [0.2, 0.25) is 0 Å². The summed E-state index contributed by atoms with van der Waals surface area (Å²) in [6, 6.07) is 0. The molecule has 12 heteroatoms. The van der Waals surface area contributed by atoms with Crippen molar-refractivity contribution in [1.82, 2.24) is 0 Å². The molecular weight excluding hydrogens is 928 g/mol. The number of aliphatic hydroxyl groups excluding tert-OH is 1. The number of carbonyl (C=O) groups excluding carboxylic acids is 3. The molecule has 0 aromatic carbocycles. The maximum atomic E-state index is 12.9. The van der Waals surface area contributed by atoms with Crippen molar-refractivity contribution in [2.24, 2.45) is 0 Å². The summed E-state index contributed by atoms with van der Waals surface area (Å²) >= 11 is 0. The molecule has 2 N–H and O–H groups in total. The van der Waals surface area contributed by atoms with Crippen molar-refractivity contribution in [2.45, 2.75) is 264 Å². The number of aliphatic hydroxyl groups is 1. The van der Waals surface area contributed by atoms with E-state index in [1.807, 2.05) is 0 Å². The number of allylic oxidation sites excluding steroid dienone is 12. The molecule has 416 valence electrons. The molecule has 0 saturated carbocycles. The minimum absolute atomic E-state index is 0.113. The van der Waals surface area contributed by atoms with Crippen LogP contribution in [-0.4, -0.2) is 66.5 Å². The van der Waals surface area contributed by atoms with Crippen LogP contribution in [0.4, 0.5) is 0 Å². The standard InChI is InChI=1S/C60H105O11P/c1-4-7-10-13-16-19-22-25-27-28-30-32-34-37-40-43-46-49-58(62)67-53-57(71-60(64)51-48-45-42-39-36-33-29-26-23-20-17-14-11-8-5-2)55-69-72(65,66)68-54-56(52-61)70-59(63)50-47-44-41-38-35-31-24-21-18-15-12-9-6-3/h8,11,17,20-21,24-27,29,36,39,56-57,61H,4-7,9-10,12-16,18-19,22-23,28,30-35,37-38,40-55H2,1-3H3,(H,65,66)/b11-8-,20-17-,24-21-,27-25-,29-26-,39-36-. The molecule has 0 spiro atoms. The van der Waals surface area contributed by atoms with Crippen LogP contribution in [0.25, 0.3) is 0 Å². The zero-order valence-electron chi connectivity index (χ0n) is 45.9. The van der Waals surface area contributed by atoms with E-state index in [9.17, 15) is 28.9 Å². The third kappa shape index (κ3) is 51.8. The fourth-order valence-electron chi connectivity index (χ4n) is 7.69. The molecule has 3 unspecified atom stereocenters. The molecule has 72 heavy (non-hydrogen) atoms. The third-order valence-electron chi connectivity index (χ3n) is 12.1. The van der Waals surface area contributed by atoms with E-state index in [0.717, 1.165) is 103 Å². The first-order valence-electron chi connectivity index (χ1n) is 28.8. The van der Waals surface area contributed by atoms with E-state index in [1.54, 1.807) is 0 Å². The number of hydrogen-bond acceptors (Lipinski definition) is 10. The second-order valence-electron chi connectivity index (χ2n) is 19.1. The Labute approximate surface area is 439 Å². The van der Waals surface area contributed by atoms with Gasteiger partial charge in [0, 0.05) is 19.3 Å². The van der Waals surface area contributed by atoms with Crippen molar-refractivity contribution in [3.8, 4) is 0 Å². The van der Waals surface area contributed by atoms with Crippen molar-refractivity contribution in [3.63, 3.8) is 0 Å². The number of esters is 3. The zero-order chi connectivity index (χ0) is 52.7. The highest BCUT2D eigenvalue weighted by atomic mass is 31.2. The average molecular weight is 1030 g/mol. The highest BCUT2D eigenvalue weighted by molar-refractivity contribution is 7.47. The largest absolute Gasteiger partial charge is 0.472 e. The van der Waals surface area contributed by atoms with Crippen LogP contribution < -0.4 is 0 Å². The van der Waals surface area contributed by atoms with Gasteiger partial charge in [0.15, 0.2) is 6.10 Å². The lowest BCUT2D eigenvalue weighted by molar-refractivity contribution is -0.161. The fraction of sp³-hybridized carbons (Fsp3) is 0.750. The lowest BCUT2D eigenvalue weighted by atomic mass is 10.1. The number of carbonyl (C=O) groups is 3. The molecular formula is C60H105O11P. The van der Waals surface area contributed by atoms with E-state index in [1.165, 1.54) is 89.9 Å². The number of unbranched alkanes of at least 4 members (excludes halogenated alkanes) is 24. The fourth-order valence-corrected chi connectivity index (χ4v) is 8.47. The van der Waals surface area contributed by atoms with Crippen molar-refractivity contribution in [2.75, 3.05) is 26.4 Å². The lowest BCUT2D eigenvalue weighted by Gasteiger charge is -2.21. The Kier molecular flexibility index (Phi) is 51.9. The first kappa shape index (κ1) is 68.9. The number of ether oxygens (including phenoxy) is 3.